The van der Waals surface area contributed by atoms with Gasteiger partial charge in [0.25, 0.3) is 0 Å². The number of aliphatic hydroxyl groups is 1. The lowest BCUT2D eigenvalue weighted by molar-refractivity contribution is 0.281. The first-order valence-corrected chi connectivity index (χ1v) is 4.58. The van der Waals surface area contributed by atoms with Crippen LogP contribution >= 0.6 is 0 Å². The number of aromatic hydroxyl groups is 1. The van der Waals surface area contributed by atoms with Gasteiger partial charge in [-0.15, -0.1) is 0 Å². The number of rotatable bonds is 4. The van der Waals surface area contributed by atoms with E-state index in [1.54, 1.807) is 6.92 Å². The van der Waals surface area contributed by atoms with Gasteiger partial charge in [-0.3, -0.25) is 4.79 Å². The van der Waals surface area contributed by atoms with Crippen LogP contribution in [0.2, 0.25) is 0 Å². The fraction of sp³-hybridized carbons (Fsp3) is 0.500. The van der Waals surface area contributed by atoms with Gasteiger partial charge in [-0.25, -0.2) is 0 Å². The van der Waals surface area contributed by atoms with Crippen molar-refractivity contribution in [3.05, 3.63) is 27.8 Å². The van der Waals surface area contributed by atoms with Gasteiger partial charge in [0.15, 0.2) is 0 Å². The van der Waals surface area contributed by atoms with Crippen molar-refractivity contribution in [2.45, 2.75) is 26.2 Å². The molecule has 0 aromatic carbocycles. The third kappa shape index (κ3) is 2.60. The van der Waals surface area contributed by atoms with Crippen molar-refractivity contribution in [3.63, 3.8) is 0 Å². The predicted molar refractivity (Wildman–Crippen MR) is 51.4 cm³/mol. The Kier molecular flexibility index (Phi) is 3.71. The fourth-order valence-corrected chi connectivity index (χ4v) is 1.23. The van der Waals surface area contributed by atoms with E-state index in [1.165, 1.54) is 6.07 Å². The van der Waals surface area contributed by atoms with Gasteiger partial charge < -0.3 is 14.6 Å². The number of aryl methyl sites for hydroxylation is 2. The summed E-state index contributed by atoms with van der Waals surface area (Å²) in [5, 5.41) is 17.9. The zero-order chi connectivity index (χ0) is 10.6. The number of unbranched alkanes of at least 4 members (excludes halogenated alkanes) is 1. The molecule has 1 rings (SSSR count). The summed E-state index contributed by atoms with van der Waals surface area (Å²) in [6, 6.07) is 1.25. The van der Waals surface area contributed by atoms with E-state index in [0.717, 1.165) is 0 Å². The highest BCUT2D eigenvalue weighted by Crippen LogP contribution is 2.15. The van der Waals surface area contributed by atoms with E-state index in [2.05, 4.69) is 0 Å². The third-order valence-corrected chi connectivity index (χ3v) is 1.93. The van der Waals surface area contributed by atoms with E-state index in [4.69, 9.17) is 9.52 Å². The van der Waals surface area contributed by atoms with Gasteiger partial charge >= 0.3 is 0 Å². The van der Waals surface area contributed by atoms with Gasteiger partial charge in [0.2, 0.25) is 11.2 Å². The van der Waals surface area contributed by atoms with Gasteiger partial charge in [0.1, 0.15) is 11.5 Å². The summed E-state index contributed by atoms with van der Waals surface area (Å²) in [6.45, 7) is 1.77. The molecule has 1 aromatic rings. The minimum atomic E-state index is -0.409. The Labute approximate surface area is 81.8 Å². The van der Waals surface area contributed by atoms with Gasteiger partial charge in [0.05, 0.1) is 0 Å². The topological polar surface area (TPSA) is 70.7 Å². The van der Waals surface area contributed by atoms with Gasteiger partial charge in [-0.2, -0.15) is 0 Å². The molecule has 0 amide bonds. The molecule has 4 heteroatoms. The standard InChI is InChI=1S/C10H14O4/c1-7-6-8(12)10(13)9(14-7)4-2-3-5-11/h6,11,13H,2-5H2,1H3. The largest absolute Gasteiger partial charge is 0.502 e. The maximum atomic E-state index is 11.1. The first kappa shape index (κ1) is 10.8. The van der Waals surface area contributed by atoms with Crippen LogP contribution in [0.4, 0.5) is 0 Å². The van der Waals surface area contributed by atoms with E-state index in [9.17, 15) is 9.90 Å². The van der Waals surface area contributed by atoms with Gasteiger partial charge in [0, 0.05) is 19.1 Å². The second-order valence-corrected chi connectivity index (χ2v) is 3.17. The fourth-order valence-electron chi connectivity index (χ4n) is 1.23. The van der Waals surface area contributed by atoms with Crippen LogP contribution in [-0.4, -0.2) is 16.8 Å². The molecule has 1 heterocycles. The highest BCUT2D eigenvalue weighted by molar-refractivity contribution is 5.24. The van der Waals surface area contributed by atoms with Crippen molar-refractivity contribution in [1.29, 1.82) is 0 Å². The van der Waals surface area contributed by atoms with Crippen LogP contribution in [0.3, 0.4) is 0 Å². The summed E-state index contributed by atoms with van der Waals surface area (Å²) >= 11 is 0. The Morgan fingerprint density at radius 3 is 2.79 bits per heavy atom. The number of hydrogen-bond donors (Lipinski definition) is 2. The minimum absolute atomic E-state index is 0.108. The lowest BCUT2D eigenvalue weighted by Gasteiger charge is -2.03. The summed E-state index contributed by atoms with van der Waals surface area (Å²) in [4.78, 5) is 11.1. The van der Waals surface area contributed by atoms with Crippen LogP contribution in [0, 0.1) is 6.92 Å². The Hall–Kier alpha value is -1.29. The SMILES string of the molecule is Cc1cc(=O)c(O)c(CCCCO)o1. The smallest absolute Gasteiger partial charge is 0.227 e. The zero-order valence-corrected chi connectivity index (χ0v) is 8.12. The van der Waals surface area contributed by atoms with Crippen molar-refractivity contribution in [3.8, 4) is 5.75 Å². The molecule has 0 bridgehead atoms. The highest BCUT2D eigenvalue weighted by atomic mass is 16.4. The molecule has 14 heavy (non-hydrogen) atoms. The van der Waals surface area contributed by atoms with Crippen molar-refractivity contribution in [2.75, 3.05) is 6.61 Å². The average Bonchev–Trinajstić information content (AvgIpc) is 2.13. The summed E-state index contributed by atoms with van der Waals surface area (Å²) < 4.78 is 5.20. The Morgan fingerprint density at radius 1 is 1.43 bits per heavy atom. The Bertz CT molecular complexity index is 354. The maximum absolute atomic E-state index is 11.1. The van der Waals surface area contributed by atoms with Crippen LogP contribution in [0.25, 0.3) is 0 Å². The Balaban J connectivity index is 2.80. The summed E-state index contributed by atoms with van der Waals surface area (Å²) in [5.41, 5.74) is -0.409. The summed E-state index contributed by atoms with van der Waals surface area (Å²) in [5.74, 6) is 0.490. The number of aliphatic hydroxyl groups excluding tert-OH is 1. The minimum Gasteiger partial charge on any atom is -0.502 e. The van der Waals surface area contributed by atoms with Crippen molar-refractivity contribution >= 4 is 0 Å². The van der Waals surface area contributed by atoms with E-state index in [1.807, 2.05) is 0 Å². The van der Waals surface area contributed by atoms with Crippen LogP contribution in [-0.2, 0) is 6.42 Å². The molecule has 0 aliphatic rings. The highest BCUT2D eigenvalue weighted by Gasteiger charge is 2.08. The normalized spacial score (nSPS) is 10.4. The van der Waals surface area contributed by atoms with Crippen LogP contribution < -0.4 is 5.43 Å². The molecule has 0 spiro atoms. The second kappa shape index (κ2) is 4.81. The summed E-state index contributed by atoms with van der Waals surface area (Å²) in [7, 11) is 0. The van der Waals surface area contributed by atoms with E-state index in [0.29, 0.717) is 30.8 Å². The maximum Gasteiger partial charge on any atom is 0.227 e. The molecule has 78 valence electrons. The van der Waals surface area contributed by atoms with Crippen molar-refractivity contribution in [2.24, 2.45) is 0 Å². The van der Waals surface area contributed by atoms with Gasteiger partial charge in [-0.1, -0.05) is 0 Å². The molecule has 0 aliphatic heterocycles. The number of hydrogen-bond acceptors (Lipinski definition) is 4. The molecule has 0 unspecified atom stereocenters. The lowest BCUT2D eigenvalue weighted by atomic mass is 10.2. The zero-order valence-electron chi connectivity index (χ0n) is 8.12. The monoisotopic (exact) mass is 198 g/mol. The van der Waals surface area contributed by atoms with Crippen LogP contribution in [0.1, 0.15) is 24.4 Å². The third-order valence-electron chi connectivity index (χ3n) is 1.93. The van der Waals surface area contributed by atoms with E-state index < -0.39 is 5.43 Å². The molecule has 2 N–H and O–H groups in total. The molecule has 0 radical (unpaired) electrons. The first-order chi connectivity index (χ1) is 6.65. The molecule has 0 aliphatic carbocycles. The average molecular weight is 198 g/mol. The molecule has 0 atom stereocenters. The molecule has 4 nitrogen and oxygen atoms in total. The molecule has 0 saturated carbocycles. The Morgan fingerprint density at radius 2 is 2.14 bits per heavy atom. The predicted octanol–water partition coefficient (Wildman–Crippen LogP) is 0.969. The molecule has 0 saturated heterocycles. The van der Waals surface area contributed by atoms with E-state index in [-0.39, 0.29) is 12.4 Å². The van der Waals surface area contributed by atoms with Gasteiger partial charge in [-0.05, 0) is 19.8 Å². The molecular formula is C10H14O4. The van der Waals surface area contributed by atoms with Crippen LogP contribution in [0.5, 0.6) is 5.75 Å². The second-order valence-electron chi connectivity index (χ2n) is 3.17. The quantitative estimate of drug-likeness (QED) is 0.707. The summed E-state index contributed by atoms with van der Waals surface area (Å²) in [6.07, 6.45) is 1.80. The molecule has 0 fully saturated rings. The van der Waals surface area contributed by atoms with Crippen molar-refractivity contribution < 1.29 is 14.6 Å². The van der Waals surface area contributed by atoms with Crippen molar-refractivity contribution in [1.82, 2.24) is 0 Å². The van der Waals surface area contributed by atoms with Crippen LogP contribution in [0.15, 0.2) is 15.3 Å². The molecular weight excluding hydrogens is 184 g/mol. The first-order valence-electron chi connectivity index (χ1n) is 4.58. The molecule has 1 aromatic heterocycles. The lowest BCUT2D eigenvalue weighted by Crippen LogP contribution is -2.03. The van der Waals surface area contributed by atoms with E-state index >= 15 is 0 Å².